The molecule has 0 saturated heterocycles. The van der Waals surface area contributed by atoms with Crippen LogP contribution in [0.5, 0.6) is 5.75 Å². The molecule has 6 nitrogen and oxygen atoms in total. The van der Waals surface area contributed by atoms with E-state index in [1.165, 1.54) is 0 Å². The Balaban J connectivity index is 2.14. The highest BCUT2D eigenvalue weighted by Gasteiger charge is 2.02. The molecule has 0 radical (unpaired) electrons. The predicted molar refractivity (Wildman–Crippen MR) is 78.5 cm³/mol. The first-order valence-corrected chi connectivity index (χ1v) is 6.09. The summed E-state index contributed by atoms with van der Waals surface area (Å²) < 4.78 is 5.30. The Hall–Kier alpha value is -2.60. The van der Waals surface area contributed by atoms with Crippen molar-refractivity contribution < 1.29 is 9.84 Å². The molecule has 0 heterocycles. The lowest BCUT2D eigenvalue weighted by Crippen LogP contribution is -2.03. The number of hydrogen-bond donors (Lipinski definition) is 3. The first kappa shape index (κ1) is 13.8. The van der Waals surface area contributed by atoms with Crippen LogP contribution < -0.4 is 16.2 Å². The van der Waals surface area contributed by atoms with Gasteiger partial charge in [0.25, 0.3) is 0 Å². The maximum absolute atomic E-state index is 8.74. The SMILES string of the molecule is Nc1ccc(N=Nc2ccc(N)c(OCCO)c2)cc1. The number of nitrogen functional groups attached to an aromatic ring is 2. The molecule has 0 amide bonds. The zero-order chi connectivity index (χ0) is 14.4. The Morgan fingerprint density at radius 3 is 2.30 bits per heavy atom. The number of azo groups is 1. The van der Waals surface area contributed by atoms with E-state index in [9.17, 15) is 0 Å². The Morgan fingerprint density at radius 1 is 0.950 bits per heavy atom. The summed E-state index contributed by atoms with van der Waals surface area (Å²) in [4.78, 5) is 0. The molecule has 0 fully saturated rings. The van der Waals surface area contributed by atoms with Crippen molar-refractivity contribution in [3.8, 4) is 5.75 Å². The average Bonchev–Trinajstić information content (AvgIpc) is 2.46. The first-order valence-electron chi connectivity index (χ1n) is 6.09. The van der Waals surface area contributed by atoms with Crippen LogP contribution >= 0.6 is 0 Å². The summed E-state index contributed by atoms with van der Waals surface area (Å²) >= 11 is 0. The second kappa shape index (κ2) is 6.53. The molecule has 0 aromatic heterocycles. The number of aliphatic hydroxyl groups is 1. The molecule has 2 rings (SSSR count). The van der Waals surface area contributed by atoms with E-state index in [0.717, 1.165) is 0 Å². The van der Waals surface area contributed by atoms with E-state index in [4.69, 9.17) is 21.3 Å². The molecule has 2 aromatic carbocycles. The standard InChI is InChI=1S/C14H16N4O2/c15-10-1-3-11(4-2-10)17-18-12-5-6-13(16)14(9-12)20-8-7-19/h1-6,9,19H,7-8,15-16H2. The van der Waals surface area contributed by atoms with E-state index in [1.807, 2.05) is 0 Å². The van der Waals surface area contributed by atoms with Crippen LogP contribution in [0, 0.1) is 0 Å². The van der Waals surface area contributed by atoms with E-state index in [0.29, 0.717) is 28.5 Å². The number of rotatable bonds is 5. The maximum Gasteiger partial charge on any atom is 0.144 e. The number of ether oxygens (including phenoxy) is 1. The summed E-state index contributed by atoms with van der Waals surface area (Å²) in [5.74, 6) is 0.479. The molecular weight excluding hydrogens is 256 g/mol. The number of benzene rings is 2. The topological polar surface area (TPSA) is 106 Å². The first-order chi connectivity index (χ1) is 9.69. The summed E-state index contributed by atoms with van der Waals surface area (Å²) in [6.45, 7) is 0.110. The molecule has 0 unspecified atom stereocenters. The van der Waals surface area contributed by atoms with Crippen molar-refractivity contribution in [1.29, 1.82) is 0 Å². The third kappa shape index (κ3) is 3.69. The molecule has 0 aliphatic rings. The van der Waals surface area contributed by atoms with Crippen molar-refractivity contribution in [2.75, 3.05) is 24.7 Å². The third-order valence-corrected chi connectivity index (χ3v) is 2.52. The second-order valence-corrected chi connectivity index (χ2v) is 4.09. The van der Waals surface area contributed by atoms with Crippen molar-refractivity contribution in [1.82, 2.24) is 0 Å². The van der Waals surface area contributed by atoms with Gasteiger partial charge < -0.3 is 21.3 Å². The van der Waals surface area contributed by atoms with Crippen LogP contribution in [0.4, 0.5) is 22.7 Å². The lowest BCUT2D eigenvalue weighted by atomic mass is 10.2. The van der Waals surface area contributed by atoms with Gasteiger partial charge in [0.1, 0.15) is 12.4 Å². The van der Waals surface area contributed by atoms with Crippen molar-refractivity contribution >= 4 is 22.7 Å². The Kier molecular flexibility index (Phi) is 4.52. The van der Waals surface area contributed by atoms with Gasteiger partial charge in [-0.3, -0.25) is 0 Å². The molecule has 0 atom stereocenters. The molecule has 0 bridgehead atoms. The smallest absolute Gasteiger partial charge is 0.144 e. The fourth-order valence-corrected chi connectivity index (χ4v) is 1.52. The molecule has 0 saturated carbocycles. The highest BCUT2D eigenvalue weighted by molar-refractivity contribution is 5.59. The minimum absolute atomic E-state index is 0.0728. The number of nitrogens with zero attached hydrogens (tertiary/aromatic N) is 2. The molecule has 20 heavy (non-hydrogen) atoms. The molecule has 0 aliphatic carbocycles. The number of anilines is 2. The molecule has 104 valence electrons. The molecule has 2 aromatic rings. The van der Waals surface area contributed by atoms with Crippen molar-refractivity contribution in [2.45, 2.75) is 0 Å². The lowest BCUT2D eigenvalue weighted by Gasteiger charge is -2.07. The Labute approximate surface area is 116 Å². The summed E-state index contributed by atoms with van der Waals surface area (Å²) in [6.07, 6.45) is 0. The predicted octanol–water partition coefficient (Wildman–Crippen LogP) is 2.64. The van der Waals surface area contributed by atoms with Gasteiger partial charge in [-0.2, -0.15) is 10.2 Å². The van der Waals surface area contributed by atoms with Crippen molar-refractivity contribution in [3.63, 3.8) is 0 Å². The van der Waals surface area contributed by atoms with Gasteiger partial charge in [0.2, 0.25) is 0 Å². The van der Waals surface area contributed by atoms with Gasteiger partial charge in [0.15, 0.2) is 0 Å². The van der Waals surface area contributed by atoms with Gasteiger partial charge in [-0.05, 0) is 36.4 Å². The monoisotopic (exact) mass is 272 g/mol. The fraction of sp³-hybridized carbons (Fsp3) is 0.143. The van der Waals surface area contributed by atoms with E-state index >= 15 is 0 Å². The second-order valence-electron chi connectivity index (χ2n) is 4.09. The molecule has 0 spiro atoms. The van der Waals surface area contributed by atoms with Crippen molar-refractivity contribution in [2.24, 2.45) is 10.2 Å². The van der Waals surface area contributed by atoms with Crippen LogP contribution in [-0.2, 0) is 0 Å². The van der Waals surface area contributed by atoms with Gasteiger partial charge in [-0.15, -0.1) is 0 Å². The molecule has 6 heteroatoms. The Morgan fingerprint density at radius 2 is 1.60 bits per heavy atom. The minimum atomic E-state index is -0.0728. The van der Waals surface area contributed by atoms with Gasteiger partial charge in [-0.25, -0.2) is 0 Å². The Bertz CT molecular complexity index is 597. The largest absolute Gasteiger partial charge is 0.489 e. The van der Waals surface area contributed by atoms with E-state index in [1.54, 1.807) is 42.5 Å². The zero-order valence-electron chi connectivity index (χ0n) is 10.9. The third-order valence-electron chi connectivity index (χ3n) is 2.52. The normalized spacial score (nSPS) is 10.8. The summed E-state index contributed by atoms with van der Waals surface area (Å²) in [5, 5.41) is 16.9. The van der Waals surface area contributed by atoms with E-state index < -0.39 is 0 Å². The maximum atomic E-state index is 8.74. The van der Waals surface area contributed by atoms with Crippen molar-refractivity contribution in [3.05, 3.63) is 42.5 Å². The van der Waals surface area contributed by atoms with E-state index in [-0.39, 0.29) is 13.2 Å². The van der Waals surface area contributed by atoms with Gasteiger partial charge >= 0.3 is 0 Å². The van der Waals surface area contributed by atoms with Crippen LogP contribution in [-0.4, -0.2) is 18.3 Å². The summed E-state index contributed by atoms with van der Waals surface area (Å²) in [5.41, 5.74) is 13.8. The van der Waals surface area contributed by atoms with Crippen LogP contribution in [0.3, 0.4) is 0 Å². The van der Waals surface area contributed by atoms with Gasteiger partial charge in [-0.1, -0.05) is 0 Å². The molecule has 0 aliphatic heterocycles. The molecule has 5 N–H and O–H groups in total. The fourth-order valence-electron chi connectivity index (χ4n) is 1.52. The highest BCUT2D eigenvalue weighted by atomic mass is 16.5. The summed E-state index contributed by atoms with van der Waals surface area (Å²) in [6, 6.07) is 12.2. The van der Waals surface area contributed by atoms with Crippen LogP contribution in [0.25, 0.3) is 0 Å². The average molecular weight is 272 g/mol. The quantitative estimate of drug-likeness (QED) is 0.574. The van der Waals surface area contributed by atoms with Crippen LogP contribution in [0.15, 0.2) is 52.7 Å². The number of hydrogen-bond acceptors (Lipinski definition) is 6. The highest BCUT2D eigenvalue weighted by Crippen LogP contribution is 2.28. The molecular formula is C14H16N4O2. The minimum Gasteiger partial charge on any atom is -0.489 e. The van der Waals surface area contributed by atoms with Crippen LogP contribution in [0.2, 0.25) is 0 Å². The van der Waals surface area contributed by atoms with Gasteiger partial charge in [0, 0.05) is 11.8 Å². The lowest BCUT2D eigenvalue weighted by molar-refractivity contribution is 0.202. The number of nitrogens with two attached hydrogens (primary N) is 2. The van der Waals surface area contributed by atoms with Crippen LogP contribution in [0.1, 0.15) is 0 Å². The number of aliphatic hydroxyl groups excluding tert-OH is 1. The van der Waals surface area contributed by atoms with E-state index in [2.05, 4.69) is 10.2 Å². The van der Waals surface area contributed by atoms with Gasteiger partial charge in [0.05, 0.1) is 23.7 Å². The zero-order valence-corrected chi connectivity index (χ0v) is 10.9. The summed E-state index contributed by atoms with van der Waals surface area (Å²) in [7, 11) is 0.